The molecule has 4 heteroatoms. The summed E-state index contributed by atoms with van der Waals surface area (Å²) in [4.78, 5) is 11.7. The Hall–Kier alpha value is -1.32. The lowest BCUT2D eigenvalue weighted by Gasteiger charge is -2.22. The van der Waals surface area contributed by atoms with Gasteiger partial charge in [-0.2, -0.15) is 5.10 Å². The lowest BCUT2D eigenvalue weighted by atomic mass is 10.2. The number of aromatic nitrogens is 2. The van der Waals surface area contributed by atoms with E-state index in [4.69, 9.17) is 4.74 Å². The van der Waals surface area contributed by atoms with E-state index in [1.54, 1.807) is 17.8 Å². The minimum atomic E-state index is -0.452. The van der Waals surface area contributed by atoms with Gasteiger partial charge in [0, 0.05) is 11.9 Å². The second kappa shape index (κ2) is 4.04. The second-order valence-electron chi connectivity index (χ2n) is 4.63. The van der Waals surface area contributed by atoms with Crippen LogP contribution in [-0.2, 0) is 9.53 Å². The minimum absolute atomic E-state index is 0.255. The van der Waals surface area contributed by atoms with Gasteiger partial charge in [-0.05, 0) is 40.7 Å². The molecule has 0 saturated carbocycles. The Morgan fingerprint density at radius 3 is 2.53 bits per heavy atom. The van der Waals surface area contributed by atoms with Gasteiger partial charge in [0.05, 0.1) is 0 Å². The van der Waals surface area contributed by atoms with Crippen molar-refractivity contribution >= 4 is 5.97 Å². The Labute approximate surface area is 90.2 Å². The molecule has 0 spiro atoms. The molecular weight excluding hydrogens is 192 g/mol. The highest BCUT2D eigenvalue weighted by atomic mass is 16.6. The Morgan fingerprint density at radius 1 is 1.53 bits per heavy atom. The maximum Gasteiger partial charge on any atom is 0.331 e. The molecule has 0 aromatic carbocycles. The van der Waals surface area contributed by atoms with Crippen molar-refractivity contribution in [1.29, 1.82) is 0 Å². The van der Waals surface area contributed by atoms with Crippen LogP contribution in [0, 0.1) is 6.92 Å². The summed E-state index contributed by atoms with van der Waals surface area (Å²) in [6, 6.07) is 1.49. The van der Waals surface area contributed by atoms with Gasteiger partial charge in [0.1, 0.15) is 11.6 Å². The average molecular weight is 210 g/mol. The smallest absolute Gasteiger partial charge is 0.331 e. The molecule has 0 aliphatic carbocycles. The Kier molecular flexibility index (Phi) is 3.17. The second-order valence-corrected chi connectivity index (χ2v) is 4.63. The molecule has 84 valence electrons. The molecule has 1 aromatic rings. The Morgan fingerprint density at radius 2 is 2.13 bits per heavy atom. The molecule has 0 N–H and O–H groups in total. The zero-order chi connectivity index (χ0) is 11.6. The van der Waals surface area contributed by atoms with Crippen molar-refractivity contribution in [2.45, 2.75) is 46.3 Å². The summed E-state index contributed by atoms with van der Waals surface area (Å²) < 4.78 is 6.94. The predicted molar refractivity (Wildman–Crippen MR) is 57.5 cm³/mol. The predicted octanol–water partition coefficient (Wildman–Crippen LogP) is 2.09. The van der Waals surface area contributed by atoms with Crippen molar-refractivity contribution in [3.63, 3.8) is 0 Å². The molecule has 0 radical (unpaired) electrons. The first-order chi connectivity index (χ1) is 6.81. The monoisotopic (exact) mass is 210 g/mol. The van der Waals surface area contributed by atoms with E-state index in [1.807, 2.05) is 33.8 Å². The van der Waals surface area contributed by atoms with Crippen molar-refractivity contribution < 1.29 is 9.53 Å². The lowest BCUT2D eigenvalue weighted by molar-refractivity contribution is -0.158. The minimum Gasteiger partial charge on any atom is -0.458 e. The number of nitrogens with zero attached hydrogens (tertiary/aromatic N) is 2. The van der Waals surface area contributed by atoms with Crippen LogP contribution in [0.2, 0.25) is 0 Å². The molecule has 0 saturated heterocycles. The molecule has 0 bridgehead atoms. The van der Waals surface area contributed by atoms with Gasteiger partial charge in [-0.15, -0.1) is 0 Å². The van der Waals surface area contributed by atoms with Gasteiger partial charge in [-0.3, -0.25) is 4.68 Å². The molecule has 0 fully saturated rings. The molecule has 1 atom stereocenters. The molecule has 1 unspecified atom stereocenters. The summed E-state index contributed by atoms with van der Waals surface area (Å²) >= 11 is 0. The van der Waals surface area contributed by atoms with Gasteiger partial charge in [0.25, 0.3) is 0 Å². The quantitative estimate of drug-likeness (QED) is 0.702. The van der Waals surface area contributed by atoms with Crippen LogP contribution >= 0.6 is 0 Å². The molecule has 15 heavy (non-hydrogen) atoms. The molecule has 0 amide bonds. The number of carbonyl (C=O) groups excluding carboxylic acids is 1. The molecule has 0 aliphatic heterocycles. The van der Waals surface area contributed by atoms with Crippen molar-refractivity contribution in [2.24, 2.45) is 0 Å². The number of ether oxygens (including phenoxy) is 1. The molecular formula is C11H18N2O2. The van der Waals surface area contributed by atoms with Crippen molar-refractivity contribution in [3.8, 4) is 0 Å². The fraction of sp³-hybridized carbons (Fsp3) is 0.636. The number of rotatable bonds is 2. The summed E-state index contributed by atoms with van der Waals surface area (Å²) in [5, 5.41) is 4.08. The summed E-state index contributed by atoms with van der Waals surface area (Å²) in [6.07, 6.45) is 1.68. The van der Waals surface area contributed by atoms with E-state index in [-0.39, 0.29) is 12.0 Å². The number of hydrogen-bond acceptors (Lipinski definition) is 3. The molecule has 4 nitrogen and oxygen atoms in total. The van der Waals surface area contributed by atoms with Gasteiger partial charge in [0.15, 0.2) is 0 Å². The molecule has 1 aromatic heterocycles. The molecule has 1 rings (SSSR count). The zero-order valence-corrected chi connectivity index (χ0v) is 9.94. The first kappa shape index (κ1) is 11.8. The first-order valence-corrected chi connectivity index (χ1v) is 5.04. The van der Waals surface area contributed by atoms with Crippen LogP contribution in [-0.4, -0.2) is 21.4 Å². The molecule has 0 aliphatic rings. The van der Waals surface area contributed by atoms with Gasteiger partial charge in [-0.1, -0.05) is 0 Å². The SMILES string of the molecule is Cc1ccnn1C(C)C(=O)OC(C)(C)C. The highest BCUT2D eigenvalue weighted by Gasteiger charge is 2.23. The van der Waals surface area contributed by atoms with Crippen LogP contribution in [0.25, 0.3) is 0 Å². The summed E-state index contributed by atoms with van der Waals surface area (Å²) in [6.45, 7) is 9.26. The van der Waals surface area contributed by atoms with E-state index in [2.05, 4.69) is 5.10 Å². The summed E-state index contributed by atoms with van der Waals surface area (Å²) in [7, 11) is 0. The van der Waals surface area contributed by atoms with Crippen LogP contribution < -0.4 is 0 Å². The number of esters is 1. The van der Waals surface area contributed by atoms with E-state index >= 15 is 0 Å². The van der Waals surface area contributed by atoms with E-state index < -0.39 is 5.60 Å². The standard InChI is InChI=1S/C11H18N2O2/c1-8-6-7-12-13(8)9(2)10(14)15-11(3,4)5/h6-7,9H,1-5H3. The number of carbonyl (C=O) groups is 1. The summed E-state index contributed by atoms with van der Waals surface area (Å²) in [5.41, 5.74) is 0.500. The van der Waals surface area contributed by atoms with E-state index in [9.17, 15) is 4.79 Å². The zero-order valence-electron chi connectivity index (χ0n) is 9.94. The van der Waals surface area contributed by atoms with Crippen LogP contribution in [0.4, 0.5) is 0 Å². The largest absolute Gasteiger partial charge is 0.458 e. The third kappa shape index (κ3) is 3.08. The van der Waals surface area contributed by atoms with Crippen LogP contribution in [0.15, 0.2) is 12.3 Å². The fourth-order valence-corrected chi connectivity index (χ4v) is 1.27. The average Bonchev–Trinajstić information content (AvgIpc) is 2.47. The topological polar surface area (TPSA) is 44.1 Å². The Bertz CT molecular complexity index is 350. The highest BCUT2D eigenvalue weighted by molar-refractivity contribution is 5.74. The number of aryl methyl sites for hydroxylation is 1. The third-order valence-electron chi connectivity index (χ3n) is 1.98. The van der Waals surface area contributed by atoms with E-state index in [0.717, 1.165) is 5.69 Å². The maximum absolute atomic E-state index is 11.7. The van der Waals surface area contributed by atoms with E-state index in [0.29, 0.717) is 0 Å². The van der Waals surface area contributed by atoms with Crippen LogP contribution in [0.1, 0.15) is 39.4 Å². The van der Waals surface area contributed by atoms with E-state index in [1.165, 1.54) is 0 Å². The Balaban J connectivity index is 2.74. The van der Waals surface area contributed by atoms with Gasteiger partial charge < -0.3 is 4.74 Å². The first-order valence-electron chi connectivity index (χ1n) is 5.04. The van der Waals surface area contributed by atoms with Crippen molar-refractivity contribution in [2.75, 3.05) is 0 Å². The van der Waals surface area contributed by atoms with Gasteiger partial charge >= 0.3 is 5.97 Å². The maximum atomic E-state index is 11.7. The molecule has 1 heterocycles. The van der Waals surface area contributed by atoms with Crippen LogP contribution in [0.3, 0.4) is 0 Å². The fourth-order valence-electron chi connectivity index (χ4n) is 1.27. The lowest BCUT2D eigenvalue weighted by Crippen LogP contribution is -2.29. The van der Waals surface area contributed by atoms with Gasteiger partial charge in [0.2, 0.25) is 0 Å². The highest BCUT2D eigenvalue weighted by Crippen LogP contribution is 2.15. The third-order valence-corrected chi connectivity index (χ3v) is 1.98. The van der Waals surface area contributed by atoms with Gasteiger partial charge in [-0.25, -0.2) is 4.79 Å². The van der Waals surface area contributed by atoms with Crippen molar-refractivity contribution in [3.05, 3.63) is 18.0 Å². The van der Waals surface area contributed by atoms with Crippen molar-refractivity contribution in [1.82, 2.24) is 9.78 Å². The van der Waals surface area contributed by atoms with Crippen LogP contribution in [0.5, 0.6) is 0 Å². The number of hydrogen-bond donors (Lipinski definition) is 0. The summed E-state index contributed by atoms with van der Waals surface area (Å²) in [5.74, 6) is -0.255. The normalized spacial score (nSPS) is 13.7.